The second kappa shape index (κ2) is 8.18. The Morgan fingerprint density at radius 1 is 0.741 bits per heavy atom. The minimum absolute atomic E-state index is 0.258. The van der Waals surface area contributed by atoms with Gasteiger partial charge in [-0.2, -0.15) is 0 Å². The Hall–Kier alpha value is -2.92. The molecule has 0 N–H and O–H groups in total. The predicted octanol–water partition coefficient (Wildman–Crippen LogP) is 5.42. The van der Waals surface area contributed by atoms with Crippen molar-refractivity contribution in [3.05, 3.63) is 102 Å². The van der Waals surface area contributed by atoms with E-state index in [1.54, 1.807) is 23.9 Å². The molecule has 0 aliphatic carbocycles. The summed E-state index contributed by atoms with van der Waals surface area (Å²) in [6.07, 6.45) is 0. The van der Waals surface area contributed by atoms with Crippen molar-refractivity contribution in [3.63, 3.8) is 0 Å². The second-order valence-corrected chi connectivity index (χ2v) is 7.10. The minimum Gasteiger partial charge on any atom is -0.298 e. The summed E-state index contributed by atoms with van der Waals surface area (Å²) in [6, 6.07) is 26.9. The first-order valence-electron chi connectivity index (χ1n) is 8.69. The average molecular weight is 375 g/mol. The Kier molecular flexibility index (Phi) is 5.30. The molecule has 4 rings (SSSR count). The van der Waals surface area contributed by atoms with Crippen LogP contribution in [0.15, 0.2) is 90.1 Å². The van der Waals surface area contributed by atoms with Gasteiger partial charge in [0.2, 0.25) is 0 Å². The van der Waals surface area contributed by atoms with Gasteiger partial charge in [0.05, 0.1) is 6.54 Å². The highest BCUT2D eigenvalue weighted by Crippen LogP contribution is 2.27. The van der Waals surface area contributed by atoms with E-state index in [1.165, 1.54) is 23.3 Å². The molecule has 0 saturated heterocycles. The zero-order valence-electron chi connectivity index (χ0n) is 14.6. The first-order chi connectivity index (χ1) is 13.3. The van der Waals surface area contributed by atoms with E-state index in [1.807, 2.05) is 36.4 Å². The number of benzene rings is 3. The topological polar surface area (TPSA) is 30.7 Å². The molecule has 0 saturated carbocycles. The van der Waals surface area contributed by atoms with Crippen molar-refractivity contribution in [1.82, 2.24) is 14.8 Å². The molecule has 134 valence electrons. The van der Waals surface area contributed by atoms with Crippen LogP contribution in [0.25, 0.3) is 11.4 Å². The third-order valence-electron chi connectivity index (χ3n) is 4.21. The Morgan fingerprint density at radius 2 is 1.37 bits per heavy atom. The van der Waals surface area contributed by atoms with E-state index in [0.717, 1.165) is 22.3 Å². The van der Waals surface area contributed by atoms with Gasteiger partial charge in [-0.3, -0.25) is 4.57 Å². The van der Waals surface area contributed by atoms with Crippen LogP contribution >= 0.6 is 11.8 Å². The number of halogens is 1. The Morgan fingerprint density at radius 3 is 2.04 bits per heavy atom. The fourth-order valence-corrected chi connectivity index (χ4v) is 3.73. The monoisotopic (exact) mass is 375 g/mol. The molecule has 0 bridgehead atoms. The van der Waals surface area contributed by atoms with Crippen molar-refractivity contribution in [1.29, 1.82) is 0 Å². The summed E-state index contributed by atoms with van der Waals surface area (Å²) in [4.78, 5) is 0. The summed E-state index contributed by atoms with van der Waals surface area (Å²) in [5, 5.41) is 9.65. The van der Waals surface area contributed by atoms with E-state index >= 15 is 0 Å². The van der Waals surface area contributed by atoms with Gasteiger partial charge >= 0.3 is 0 Å². The molecule has 0 atom stereocenters. The summed E-state index contributed by atoms with van der Waals surface area (Å²) >= 11 is 1.65. The highest BCUT2D eigenvalue weighted by atomic mass is 32.2. The molecule has 0 aliphatic heterocycles. The van der Waals surface area contributed by atoms with Gasteiger partial charge in [0.15, 0.2) is 11.0 Å². The molecule has 4 aromatic rings. The van der Waals surface area contributed by atoms with E-state index in [-0.39, 0.29) is 5.82 Å². The van der Waals surface area contributed by atoms with Gasteiger partial charge in [-0.05, 0) is 35.4 Å². The lowest BCUT2D eigenvalue weighted by Gasteiger charge is -2.10. The normalized spacial score (nSPS) is 10.9. The maximum absolute atomic E-state index is 13.3. The van der Waals surface area contributed by atoms with Crippen molar-refractivity contribution >= 4 is 11.8 Å². The lowest BCUT2D eigenvalue weighted by molar-refractivity contribution is 0.628. The van der Waals surface area contributed by atoms with Gasteiger partial charge in [-0.15, -0.1) is 10.2 Å². The molecule has 27 heavy (non-hydrogen) atoms. The number of aromatic nitrogens is 3. The fourth-order valence-electron chi connectivity index (χ4n) is 2.84. The van der Waals surface area contributed by atoms with E-state index in [0.29, 0.717) is 6.54 Å². The minimum atomic E-state index is -0.258. The zero-order valence-corrected chi connectivity index (χ0v) is 15.4. The lowest BCUT2D eigenvalue weighted by Crippen LogP contribution is -2.04. The zero-order chi connectivity index (χ0) is 18.5. The third-order valence-corrected chi connectivity index (χ3v) is 5.25. The van der Waals surface area contributed by atoms with Crippen LogP contribution in [0, 0.1) is 5.82 Å². The number of nitrogens with zero attached hydrogens (tertiary/aromatic N) is 3. The van der Waals surface area contributed by atoms with Crippen LogP contribution in [0.1, 0.15) is 11.1 Å². The van der Waals surface area contributed by atoms with Crippen LogP contribution in [-0.4, -0.2) is 14.8 Å². The van der Waals surface area contributed by atoms with Gasteiger partial charge in [-0.1, -0.05) is 72.4 Å². The number of rotatable bonds is 6. The van der Waals surface area contributed by atoms with Crippen molar-refractivity contribution in [2.45, 2.75) is 17.5 Å². The summed E-state index contributed by atoms with van der Waals surface area (Å²) in [7, 11) is 0. The van der Waals surface area contributed by atoms with Crippen LogP contribution in [0.2, 0.25) is 0 Å². The van der Waals surface area contributed by atoms with Crippen LogP contribution in [0.4, 0.5) is 4.39 Å². The molecule has 3 nitrogen and oxygen atoms in total. The molecule has 5 heteroatoms. The second-order valence-electron chi connectivity index (χ2n) is 6.16. The van der Waals surface area contributed by atoms with Crippen molar-refractivity contribution < 1.29 is 4.39 Å². The highest BCUT2D eigenvalue weighted by Gasteiger charge is 2.15. The summed E-state index contributed by atoms with van der Waals surface area (Å²) < 4.78 is 15.4. The lowest BCUT2D eigenvalue weighted by atomic mass is 10.2. The number of thioether (sulfide) groups is 1. The highest BCUT2D eigenvalue weighted by molar-refractivity contribution is 7.98. The number of hydrogen-bond donors (Lipinski definition) is 0. The largest absolute Gasteiger partial charge is 0.298 e. The molecular weight excluding hydrogens is 357 g/mol. The molecule has 1 aromatic heterocycles. The molecule has 0 unspecified atom stereocenters. The standard InChI is InChI=1S/C22H18FN3S/c23-20-13-11-19(12-14-20)21-24-25-22(27-16-18-9-5-2-6-10-18)26(21)15-17-7-3-1-4-8-17/h1-14H,15-16H2. The van der Waals surface area contributed by atoms with Crippen LogP contribution in [-0.2, 0) is 12.3 Å². The maximum atomic E-state index is 13.3. The van der Waals surface area contributed by atoms with Crippen molar-refractivity contribution in [3.8, 4) is 11.4 Å². The summed E-state index contributed by atoms with van der Waals surface area (Å²) in [6.45, 7) is 0.664. The third kappa shape index (κ3) is 4.26. The molecule has 0 aliphatic rings. The smallest absolute Gasteiger partial charge is 0.192 e. The van der Waals surface area contributed by atoms with Gasteiger partial charge in [0.1, 0.15) is 5.82 Å². The first-order valence-corrected chi connectivity index (χ1v) is 9.68. The molecule has 0 fully saturated rings. The van der Waals surface area contributed by atoms with Gasteiger partial charge in [-0.25, -0.2) is 4.39 Å². The van der Waals surface area contributed by atoms with Crippen LogP contribution < -0.4 is 0 Å². The maximum Gasteiger partial charge on any atom is 0.192 e. The Bertz CT molecular complexity index is 999. The Labute approximate surface area is 161 Å². The quantitative estimate of drug-likeness (QED) is 0.421. The predicted molar refractivity (Wildman–Crippen MR) is 107 cm³/mol. The summed E-state index contributed by atoms with van der Waals surface area (Å²) in [5.74, 6) is 1.30. The molecule has 1 heterocycles. The van der Waals surface area contributed by atoms with Gasteiger partial charge in [0.25, 0.3) is 0 Å². The average Bonchev–Trinajstić information content (AvgIpc) is 3.11. The van der Waals surface area contributed by atoms with Crippen molar-refractivity contribution in [2.24, 2.45) is 0 Å². The molecular formula is C22H18FN3S. The number of hydrogen-bond acceptors (Lipinski definition) is 3. The van der Waals surface area contributed by atoms with Gasteiger partial charge in [0, 0.05) is 11.3 Å². The van der Waals surface area contributed by atoms with Gasteiger partial charge < -0.3 is 0 Å². The SMILES string of the molecule is Fc1ccc(-c2nnc(SCc3ccccc3)n2Cc2ccccc2)cc1. The molecule has 0 spiro atoms. The van der Waals surface area contributed by atoms with E-state index in [2.05, 4.69) is 39.0 Å². The molecule has 3 aromatic carbocycles. The Balaban J connectivity index is 1.66. The van der Waals surface area contributed by atoms with Crippen LogP contribution in [0.5, 0.6) is 0 Å². The molecule has 0 radical (unpaired) electrons. The van der Waals surface area contributed by atoms with E-state index < -0.39 is 0 Å². The van der Waals surface area contributed by atoms with E-state index in [4.69, 9.17) is 0 Å². The van der Waals surface area contributed by atoms with Crippen LogP contribution in [0.3, 0.4) is 0 Å². The van der Waals surface area contributed by atoms with Crippen molar-refractivity contribution in [2.75, 3.05) is 0 Å². The van der Waals surface area contributed by atoms with E-state index in [9.17, 15) is 4.39 Å². The molecule has 0 amide bonds. The fraction of sp³-hybridized carbons (Fsp3) is 0.0909. The first kappa shape index (κ1) is 17.5. The summed E-state index contributed by atoms with van der Waals surface area (Å²) in [5.41, 5.74) is 3.26.